The zero-order valence-electron chi connectivity index (χ0n) is 12.2. The van der Waals surface area contributed by atoms with Gasteiger partial charge in [-0.3, -0.25) is 0 Å². The summed E-state index contributed by atoms with van der Waals surface area (Å²) < 4.78 is 0. The second kappa shape index (κ2) is 10.6. The smallest absolute Gasteiger partial charge is 0.330 e. The highest BCUT2D eigenvalue weighted by molar-refractivity contribution is 7.99. The summed E-state index contributed by atoms with van der Waals surface area (Å²) in [5.41, 5.74) is 0.462. The molecule has 0 bridgehead atoms. The second-order valence-electron chi connectivity index (χ2n) is 4.91. The van der Waals surface area contributed by atoms with Crippen molar-refractivity contribution in [3.63, 3.8) is 0 Å². The van der Waals surface area contributed by atoms with Gasteiger partial charge in [-0.2, -0.15) is 0 Å². The SMILES string of the molecule is CC(=CCCCCCCCSc1ccccc1)C(=O)O. The van der Waals surface area contributed by atoms with Crippen molar-refractivity contribution < 1.29 is 9.90 Å². The van der Waals surface area contributed by atoms with Crippen LogP contribution in [-0.2, 0) is 4.79 Å². The van der Waals surface area contributed by atoms with Gasteiger partial charge in [0.25, 0.3) is 0 Å². The zero-order valence-corrected chi connectivity index (χ0v) is 13.0. The number of hydrogen-bond donors (Lipinski definition) is 1. The topological polar surface area (TPSA) is 37.3 Å². The molecule has 0 spiro atoms. The Balaban J connectivity index is 1.93. The summed E-state index contributed by atoms with van der Waals surface area (Å²) >= 11 is 1.92. The minimum absolute atomic E-state index is 0.462. The molecule has 0 saturated carbocycles. The summed E-state index contributed by atoms with van der Waals surface area (Å²) in [6.07, 6.45) is 8.76. The first kappa shape index (κ1) is 16.8. The van der Waals surface area contributed by atoms with Crippen molar-refractivity contribution in [1.29, 1.82) is 0 Å². The molecule has 0 fully saturated rings. The minimum Gasteiger partial charge on any atom is -0.478 e. The molecule has 1 aromatic carbocycles. The van der Waals surface area contributed by atoms with Crippen LogP contribution in [-0.4, -0.2) is 16.8 Å². The predicted octanol–water partition coefficient (Wildman–Crippen LogP) is 5.15. The Labute approximate surface area is 126 Å². The van der Waals surface area contributed by atoms with Crippen molar-refractivity contribution in [2.75, 3.05) is 5.75 Å². The van der Waals surface area contributed by atoms with Gasteiger partial charge in [0.1, 0.15) is 0 Å². The lowest BCUT2D eigenvalue weighted by molar-refractivity contribution is -0.132. The highest BCUT2D eigenvalue weighted by Gasteiger charge is 1.98. The molecule has 0 aliphatic carbocycles. The van der Waals surface area contributed by atoms with E-state index in [4.69, 9.17) is 5.11 Å². The monoisotopic (exact) mass is 292 g/mol. The van der Waals surface area contributed by atoms with Gasteiger partial charge in [0.15, 0.2) is 0 Å². The molecule has 0 radical (unpaired) electrons. The van der Waals surface area contributed by atoms with Crippen LogP contribution in [0.3, 0.4) is 0 Å². The number of carbonyl (C=O) groups is 1. The number of benzene rings is 1. The molecule has 0 saturated heterocycles. The molecule has 0 unspecified atom stereocenters. The van der Waals surface area contributed by atoms with Crippen molar-refractivity contribution in [1.82, 2.24) is 0 Å². The number of thioether (sulfide) groups is 1. The van der Waals surface area contributed by atoms with Crippen LogP contribution in [0, 0.1) is 0 Å². The molecule has 3 heteroatoms. The van der Waals surface area contributed by atoms with Gasteiger partial charge >= 0.3 is 5.97 Å². The Morgan fingerprint density at radius 1 is 1.10 bits per heavy atom. The van der Waals surface area contributed by atoms with E-state index in [0.29, 0.717) is 5.57 Å². The van der Waals surface area contributed by atoms with Crippen molar-refractivity contribution in [3.8, 4) is 0 Å². The van der Waals surface area contributed by atoms with Gasteiger partial charge in [0, 0.05) is 10.5 Å². The number of carboxylic acids is 1. The molecule has 1 rings (SSSR count). The lowest BCUT2D eigenvalue weighted by atomic mass is 10.1. The van der Waals surface area contributed by atoms with Crippen LogP contribution in [0.4, 0.5) is 0 Å². The minimum atomic E-state index is -0.803. The van der Waals surface area contributed by atoms with Crippen LogP contribution in [0.15, 0.2) is 46.9 Å². The number of aliphatic carboxylic acids is 1. The van der Waals surface area contributed by atoms with E-state index in [9.17, 15) is 4.79 Å². The molecule has 0 aromatic heterocycles. The summed E-state index contributed by atoms with van der Waals surface area (Å²) in [5, 5.41) is 8.71. The molecule has 20 heavy (non-hydrogen) atoms. The first-order valence-electron chi connectivity index (χ1n) is 7.28. The number of allylic oxidation sites excluding steroid dienone is 1. The van der Waals surface area contributed by atoms with Crippen molar-refractivity contribution in [2.24, 2.45) is 0 Å². The van der Waals surface area contributed by atoms with Gasteiger partial charge in [0.2, 0.25) is 0 Å². The molecule has 0 aliphatic heterocycles. The van der Waals surface area contributed by atoms with Crippen molar-refractivity contribution >= 4 is 17.7 Å². The standard InChI is InChI=1S/C17H24O2S/c1-15(17(18)19)11-7-4-2-3-5-10-14-20-16-12-8-6-9-13-16/h6,8-9,11-13H,2-5,7,10,14H2,1H3,(H,18,19). The average Bonchev–Trinajstić information content (AvgIpc) is 2.46. The molecule has 1 aromatic rings. The second-order valence-corrected chi connectivity index (χ2v) is 6.08. The maximum atomic E-state index is 10.6. The van der Waals surface area contributed by atoms with E-state index >= 15 is 0 Å². The van der Waals surface area contributed by atoms with Gasteiger partial charge < -0.3 is 5.11 Å². The summed E-state index contributed by atoms with van der Waals surface area (Å²) in [7, 11) is 0. The first-order valence-corrected chi connectivity index (χ1v) is 8.26. The lowest BCUT2D eigenvalue weighted by Gasteiger charge is -2.02. The fourth-order valence-corrected chi connectivity index (χ4v) is 2.82. The average molecular weight is 292 g/mol. The summed E-state index contributed by atoms with van der Waals surface area (Å²) in [6, 6.07) is 10.5. The molecule has 0 heterocycles. The van der Waals surface area contributed by atoms with Crippen LogP contribution in [0.2, 0.25) is 0 Å². The van der Waals surface area contributed by atoms with E-state index in [1.165, 1.54) is 36.3 Å². The molecule has 0 amide bonds. The van der Waals surface area contributed by atoms with Gasteiger partial charge in [-0.25, -0.2) is 4.79 Å². The van der Waals surface area contributed by atoms with Gasteiger partial charge in [-0.1, -0.05) is 43.5 Å². The molecule has 0 aliphatic rings. The Morgan fingerprint density at radius 3 is 2.45 bits per heavy atom. The van der Waals surface area contributed by atoms with Gasteiger partial charge in [-0.15, -0.1) is 11.8 Å². The number of carboxylic acid groups (broad SMARTS) is 1. The lowest BCUT2D eigenvalue weighted by Crippen LogP contribution is -1.95. The van der Waals surface area contributed by atoms with Crippen LogP contribution in [0.5, 0.6) is 0 Å². The van der Waals surface area contributed by atoms with Crippen molar-refractivity contribution in [2.45, 2.75) is 50.3 Å². The van der Waals surface area contributed by atoms with E-state index in [1.54, 1.807) is 6.92 Å². The van der Waals surface area contributed by atoms with Gasteiger partial charge in [-0.05, 0) is 44.1 Å². The Morgan fingerprint density at radius 2 is 1.75 bits per heavy atom. The largest absolute Gasteiger partial charge is 0.478 e. The molecule has 1 N–H and O–H groups in total. The number of rotatable bonds is 10. The van der Waals surface area contributed by atoms with Gasteiger partial charge in [0.05, 0.1) is 0 Å². The highest BCUT2D eigenvalue weighted by Crippen LogP contribution is 2.19. The van der Waals surface area contributed by atoms with E-state index in [0.717, 1.165) is 12.8 Å². The fraction of sp³-hybridized carbons (Fsp3) is 0.471. The number of hydrogen-bond acceptors (Lipinski definition) is 2. The highest BCUT2D eigenvalue weighted by atomic mass is 32.2. The van der Waals surface area contributed by atoms with E-state index in [1.807, 2.05) is 23.9 Å². The maximum absolute atomic E-state index is 10.6. The zero-order chi connectivity index (χ0) is 14.6. The third-order valence-electron chi connectivity index (χ3n) is 3.15. The Kier molecular flexibility index (Phi) is 8.88. The predicted molar refractivity (Wildman–Crippen MR) is 86.3 cm³/mol. The fourth-order valence-electron chi connectivity index (χ4n) is 1.89. The maximum Gasteiger partial charge on any atom is 0.330 e. The van der Waals surface area contributed by atoms with Crippen LogP contribution < -0.4 is 0 Å². The van der Waals surface area contributed by atoms with E-state index in [-0.39, 0.29) is 0 Å². The van der Waals surface area contributed by atoms with Crippen molar-refractivity contribution in [3.05, 3.63) is 42.0 Å². The molecule has 0 atom stereocenters. The van der Waals surface area contributed by atoms with Crippen LogP contribution in [0.1, 0.15) is 45.4 Å². The van der Waals surface area contributed by atoms with E-state index < -0.39 is 5.97 Å². The molecular weight excluding hydrogens is 268 g/mol. The normalized spacial score (nSPS) is 11.6. The molecular formula is C17H24O2S. The Bertz CT molecular complexity index is 412. The first-order chi connectivity index (χ1) is 9.70. The third kappa shape index (κ3) is 8.05. The summed E-state index contributed by atoms with van der Waals surface area (Å²) in [4.78, 5) is 11.9. The van der Waals surface area contributed by atoms with Crippen LogP contribution in [0.25, 0.3) is 0 Å². The van der Waals surface area contributed by atoms with Crippen LogP contribution >= 0.6 is 11.8 Å². The summed E-state index contributed by atoms with van der Waals surface area (Å²) in [5.74, 6) is 0.380. The molecule has 2 nitrogen and oxygen atoms in total. The quantitative estimate of drug-likeness (QED) is 0.368. The third-order valence-corrected chi connectivity index (χ3v) is 4.25. The number of unbranched alkanes of at least 4 members (excludes halogenated alkanes) is 5. The molecule has 110 valence electrons. The Hall–Kier alpha value is -1.22. The summed E-state index contributed by atoms with van der Waals surface area (Å²) in [6.45, 7) is 1.66. The van der Waals surface area contributed by atoms with E-state index in [2.05, 4.69) is 24.3 Å².